The van der Waals surface area contributed by atoms with Crippen molar-refractivity contribution in [1.82, 2.24) is 0 Å². The van der Waals surface area contributed by atoms with E-state index in [1.54, 1.807) is 29.2 Å². The van der Waals surface area contributed by atoms with Gasteiger partial charge in [0.05, 0.1) is 40.2 Å². The number of β-lactam (4-membered cyclic amide) rings is 1. The molecule has 0 unspecified atom stereocenters. The molecule has 0 saturated carbocycles. The predicted octanol–water partition coefficient (Wildman–Crippen LogP) is 5.90. The van der Waals surface area contributed by atoms with Gasteiger partial charge in [-0.15, -0.1) is 0 Å². The Labute approximate surface area is 217 Å². The van der Waals surface area contributed by atoms with Gasteiger partial charge in [0, 0.05) is 17.7 Å². The molecule has 0 radical (unpaired) electrons. The van der Waals surface area contributed by atoms with Crippen molar-refractivity contribution in [2.45, 2.75) is 32.2 Å². The van der Waals surface area contributed by atoms with Crippen LogP contribution in [0.1, 0.15) is 43.5 Å². The van der Waals surface area contributed by atoms with Gasteiger partial charge in [-0.25, -0.2) is 0 Å². The summed E-state index contributed by atoms with van der Waals surface area (Å²) in [5.41, 5.74) is 4.09. The van der Waals surface area contributed by atoms with Crippen molar-refractivity contribution < 1.29 is 28.8 Å². The number of aromatic hydroxyl groups is 1. The zero-order valence-corrected chi connectivity index (χ0v) is 22.3. The van der Waals surface area contributed by atoms with Gasteiger partial charge in [0.15, 0.2) is 23.0 Å². The second-order valence-corrected chi connectivity index (χ2v) is 9.86. The highest BCUT2D eigenvalue weighted by molar-refractivity contribution is 6.18. The molecule has 7 nitrogen and oxygen atoms in total. The third-order valence-corrected chi connectivity index (χ3v) is 6.56. The number of phenols is 1. The molecule has 1 saturated heterocycles. The molecule has 0 bridgehead atoms. The van der Waals surface area contributed by atoms with Gasteiger partial charge in [0.2, 0.25) is 5.75 Å². The van der Waals surface area contributed by atoms with Gasteiger partial charge in [-0.05, 0) is 40.3 Å². The minimum Gasteiger partial charge on any atom is -0.504 e. The van der Waals surface area contributed by atoms with Crippen LogP contribution in [0.25, 0.3) is 6.08 Å². The number of rotatable bonds is 7. The standard InChI is InChI=1S/C30H33NO6/c1-30(2,3)20-11-8-18(9-12-20)14-22-27(19-10-13-24(34-4)23(32)15-19)31(29(22)33)21-16-25(35-5)28(37-7)26(17-21)36-6/h8-17,27,32H,1-7H3/b22-14-/t27-/m0/s1. The summed E-state index contributed by atoms with van der Waals surface area (Å²) < 4.78 is 21.7. The van der Waals surface area contributed by atoms with E-state index < -0.39 is 6.04 Å². The van der Waals surface area contributed by atoms with Crippen molar-refractivity contribution in [1.29, 1.82) is 0 Å². The summed E-state index contributed by atoms with van der Waals surface area (Å²) in [5.74, 6) is 1.52. The van der Waals surface area contributed by atoms with Crippen LogP contribution in [0.3, 0.4) is 0 Å². The molecule has 1 N–H and O–H groups in total. The SMILES string of the molecule is COc1ccc([C@H]2/C(=C/c3ccc(C(C)(C)C)cc3)C(=O)N2c2cc(OC)c(OC)c(OC)c2)cc1O. The Bertz CT molecular complexity index is 1310. The summed E-state index contributed by atoms with van der Waals surface area (Å²) in [6.45, 7) is 6.49. The van der Waals surface area contributed by atoms with Gasteiger partial charge >= 0.3 is 0 Å². The summed E-state index contributed by atoms with van der Waals surface area (Å²) in [7, 11) is 6.09. The zero-order chi connectivity index (χ0) is 26.9. The van der Waals surface area contributed by atoms with Gasteiger partial charge < -0.3 is 24.1 Å². The molecular weight excluding hydrogens is 470 g/mol. The molecule has 1 atom stereocenters. The lowest BCUT2D eigenvalue weighted by Crippen LogP contribution is -2.49. The molecule has 3 aromatic carbocycles. The van der Waals surface area contributed by atoms with Crippen LogP contribution in [-0.2, 0) is 10.2 Å². The molecule has 37 heavy (non-hydrogen) atoms. The smallest absolute Gasteiger partial charge is 0.257 e. The van der Waals surface area contributed by atoms with Crippen LogP contribution in [0.15, 0.2) is 60.2 Å². The van der Waals surface area contributed by atoms with Gasteiger partial charge in [0.25, 0.3) is 5.91 Å². The Morgan fingerprint density at radius 1 is 0.811 bits per heavy atom. The average molecular weight is 504 g/mol. The van der Waals surface area contributed by atoms with E-state index in [9.17, 15) is 9.90 Å². The second-order valence-electron chi connectivity index (χ2n) is 9.86. The van der Waals surface area contributed by atoms with Crippen LogP contribution >= 0.6 is 0 Å². The van der Waals surface area contributed by atoms with Crippen LogP contribution in [0, 0.1) is 0 Å². The number of nitrogens with zero attached hydrogens (tertiary/aromatic N) is 1. The third kappa shape index (κ3) is 4.81. The predicted molar refractivity (Wildman–Crippen MR) is 144 cm³/mol. The van der Waals surface area contributed by atoms with Crippen LogP contribution in [-0.4, -0.2) is 39.5 Å². The number of carbonyl (C=O) groups is 1. The van der Waals surface area contributed by atoms with Gasteiger partial charge in [0.1, 0.15) is 0 Å². The van der Waals surface area contributed by atoms with Gasteiger partial charge in [-0.1, -0.05) is 51.1 Å². The molecule has 1 fully saturated rings. The monoisotopic (exact) mass is 503 g/mol. The second kappa shape index (κ2) is 10.1. The lowest BCUT2D eigenvalue weighted by molar-refractivity contribution is -0.118. The van der Waals surface area contributed by atoms with E-state index in [1.165, 1.54) is 34.0 Å². The number of hydrogen-bond donors (Lipinski definition) is 1. The maximum atomic E-state index is 13.6. The maximum Gasteiger partial charge on any atom is 0.257 e. The molecule has 7 heteroatoms. The minimum absolute atomic E-state index is 0.00179. The first-order valence-corrected chi connectivity index (χ1v) is 12.0. The number of anilines is 1. The normalized spacial score (nSPS) is 16.4. The first-order chi connectivity index (χ1) is 17.6. The number of carbonyl (C=O) groups excluding carboxylic acids is 1. The maximum absolute atomic E-state index is 13.6. The van der Waals surface area contributed by atoms with E-state index in [-0.39, 0.29) is 17.1 Å². The quantitative estimate of drug-likeness (QED) is 0.320. The summed E-state index contributed by atoms with van der Waals surface area (Å²) in [6, 6.07) is 16.4. The lowest BCUT2D eigenvalue weighted by atomic mass is 9.84. The first kappa shape index (κ1) is 25.9. The molecule has 0 aliphatic carbocycles. The fraction of sp³-hybridized carbons (Fsp3) is 0.300. The number of methoxy groups -OCH3 is 4. The van der Waals surface area contributed by atoms with Crippen molar-refractivity contribution in [3.8, 4) is 28.7 Å². The van der Waals surface area contributed by atoms with Crippen LogP contribution in [0.4, 0.5) is 5.69 Å². The van der Waals surface area contributed by atoms with Gasteiger partial charge in [-0.2, -0.15) is 0 Å². The Morgan fingerprint density at radius 3 is 1.89 bits per heavy atom. The molecule has 0 spiro atoms. The fourth-order valence-corrected chi connectivity index (χ4v) is 4.52. The molecule has 1 aliphatic heterocycles. The number of amides is 1. The van der Waals surface area contributed by atoms with E-state index >= 15 is 0 Å². The number of hydrogen-bond acceptors (Lipinski definition) is 6. The molecule has 0 aromatic heterocycles. The summed E-state index contributed by atoms with van der Waals surface area (Å²) in [5, 5.41) is 10.5. The molecular formula is C30H33NO6. The average Bonchev–Trinajstić information content (AvgIpc) is 2.88. The van der Waals surface area contributed by atoms with Crippen molar-refractivity contribution in [2.75, 3.05) is 33.3 Å². The molecule has 4 rings (SSSR count). The van der Waals surface area contributed by atoms with Crippen LogP contribution in [0.5, 0.6) is 28.7 Å². The number of benzene rings is 3. The van der Waals surface area contributed by atoms with Gasteiger partial charge in [-0.3, -0.25) is 9.69 Å². The summed E-state index contributed by atoms with van der Waals surface area (Å²) >= 11 is 0. The Balaban J connectivity index is 1.82. The fourth-order valence-electron chi connectivity index (χ4n) is 4.52. The van der Waals surface area contributed by atoms with E-state index in [0.717, 1.165) is 11.1 Å². The summed E-state index contributed by atoms with van der Waals surface area (Å²) in [4.78, 5) is 15.2. The van der Waals surface area contributed by atoms with Crippen LogP contribution < -0.4 is 23.8 Å². The third-order valence-electron chi connectivity index (χ3n) is 6.56. The zero-order valence-electron chi connectivity index (χ0n) is 22.3. The Morgan fingerprint density at radius 2 is 1.41 bits per heavy atom. The molecule has 3 aromatic rings. The van der Waals surface area contributed by atoms with E-state index in [0.29, 0.717) is 34.3 Å². The van der Waals surface area contributed by atoms with E-state index in [4.69, 9.17) is 18.9 Å². The molecule has 194 valence electrons. The highest BCUT2D eigenvalue weighted by Gasteiger charge is 2.44. The topological polar surface area (TPSA) is 77.5 Å². The Kier molecular flexibility index (Phi) is 7.07. The molecule has 1 amide bonds. The van der Waals surface area contributed by atoms with Crippen molar-refractivity contribution in [3.63, 3.8) is 0 Å². The highest BCUT2D eigenvalue weighted by Crippen LogP contribution is 2.49. The lowest BCUT2D eigenvalue weighted by Gasteiger charge is -2.43. The van der Waals surface area contributed by atoms with Crippen molar-refractivity contribution in [3.05, 3.63) is 76.9 Å². The first-order valence-electron chi connectivity index (χ1n) is 12.0. The number of ether oxygens (including phenoxy) is 4. The van der Waals surface area contributed by atoms with Crippen molar-refractivity contribution >= 4 is 17.7 Å². The number of phenolic OH excluding ortho intramolecular Hbond substituents is 1. The highest BCUT2D eigenvalue weighted by atomic mass is 16.5. The van der Waals surface area contributed by atoms with E-state index in [2.05, 4.69) is 32.9 Å². The largest absolute Gasteiger partial charge is 0.504 e. The Hall–Kier alpha value is -4.13. The van der Waals surface area contributed by atoms with E-state index in [1.807, 2.05) is 24.3 Å². The minimum atomic E-state index is -0.450. The molecule has 1 aliphatic rings. The summed E-state index contributed by atoms with van der Waals surface area (Å²) in [6.07, 6.45) is 1.90. The molecule has 1 heterocycles. The van der Waals surface area contributed by atoms with Crippen LogP contribution in [0.2, 0.25) is 0 Å². The van der Waals surface area contributed by atoms with Crippen molar-refractivity contribution in [2.24, 2.45) is 0 Å².